The van der Waals surface area contributed by atoms with Crippen LogP contribution in [-0.2, 0) is 10.1 Å². The SMILES string of the molecule is CC(C)(O)CS(=O)(=O)O.[H-].[Na+]. The van der Waals surface area contributed by atoms with E-state index in [0.29, 0.717) is 0 Å². The number of hydrogen-bond donors (Lipinski definition) is 2. The zero-order chi connectivity index (χ0) is 7.71. The van der Waals surface area contributed by atoms with E-state index in [1.165, 1.54) is 13.8 Å². The third-order valence-electron chi connectivity index (χ3n) is 0.536. The fourth-order valence-corrected chi connectivity index (χ4v) is 1.34. The van der Waals surface area contributed by atoms with Gasteiger partial charge in [0.05, 0.1) is 5.60 Å². The van der Waals surface area contributed by atoms with Gasteiger partial charge in [0.1, 0.15) is 5.75 Å². The molecule has 0 unspecified atom stereocenters. The van der Waals surface area contributed by atoms with Gasteiger partial charge in [0.15, 0.2) is 0 Å². The fraction of sp³-hybridized carbons (Fsp3) is 1.00. The van der Waals surface area contributed by atoms with Gasteiger partial charge < -0.3 is 6.53 Å². The molecule has 0 bridgehead atoms. The van der Waals surface area contributed by atoms with Crippen LogP contribution in [0.4, 0.5) is 0 Å². The van der Waals surface area contributed by atoms with Crippen molar-refractivity contribution < 1.29 is 49.1 Å². The third-order valence-corrected chi connectivity index (χ3v) is 1.61. The monoisotopic (exact) mass is 178 g/mol. The first kappa shape index (κ1) is 13.5. The predicted molar refractivity (Wildman–Crippen MR) is 33.8 cm³/mol. The summed E-state index contributed by atoms with van der Waals surface area (Å²) in [6.45, 7) is 2.61. The largest absolute Gasteiger partial charge is 1.00 e. The van der Waals surface area contributed by atoms with Crippen molar-refractivity contribution >= 4 is 10.1 Å². The van der Waals surface area contributed by atoms with Crippen LogP contribution in [0.3, 0.4) is 0 Å². The number of hydrogen-bond acceptors (Lipinski definition) is 3. The van der Waals surface area contributed by atoms with Gasteiger partial charge in [-0.1, -0.05) is 0 Å². The topological polar surface area (TPSA) is 74.6 Å². The summed E-state index contributed by atoms with van der Waals surface area (Å²) in [5.41, 5.74) is -1.35. The first-order valence-corrected chi connectivity index (χ1v) is 3.99. The van der Waals surface area contributed by atoms with Gasteiger partial charge in [-0.2, -0.15) is 8.42 Å². The molecule has 0 fully saturated rings. The van der Waals surface area contributed by atoms with Crippen molar-refractivity contribution in [1.29, 1.82) is 0 Å². The molecule has 0 aromatic heterocycles. The molecule has 0 saturated heterocycles. The van der Waals surface area contributed by atoms with Crippen LogP contribution in [0.1, 0.15) is 15.3 Å². The summed E-state index contributed by atoms with van der Waals surface area (Å²) in [6, 6.07) is 0. The van der Waals surface area contributed by atoms with Crippen LogP contribution >= 0.6 is 0 Å². The molecular formula is C4H11NaO4S. The molecule has 0 amide bonds. The van der Waals surface area contributed by atoms with Gasteiger partial charge in [-0.05, 0) is 13.8 Å². The van der Waals surface area contributed by atoms with E-state index in [-0.39, 0.29) is 31.0 Å². The smallest absolute Gasteiger partial charge is 1.00 e. The quantitative estimate of drug-likeness (QED) is 0.344. The van der Waals surface area contributed by atoms with Crippen LogP contribution in [0.15, 0.2) is 0 Å². The molecule has 10 heavy (non-hydrogen) atoms. The minimum absolute atomic E-state index is 0. The summed E-state index contributed by atoms with van der Waals surface area (Å²) in [5, 5.41) is 8.81. The molecule has 0 aliphatic carbocycles. The van der Waals surface area contributed by atoms with E-state index in [2.05, 4.69) is 0 Å². The van der Waals surface area contributed by atoms with Crippen molar-refractivity contribution in [3.05, 3.63) is 0 Å². The number of aliphatic hydroxyl groups is 1. The molecule has 0 radical (unpaired) electrons. The maximum Gasteiger partial charge on any atom is 1.00 e. The summed E-state index contributed by atoms with van der Waals surface area (Å²) in [5.74, 6) is -0.625. The van der Waals surface area contributed by atoms with Crippen molar-refractivity contribution in [2.24, 2.45) is 0 Å². The zero-order valence-corrected chi connectivity index (χ0v) is 9.14. The van der Waals surface area contributed by atoms with Crippen LogP contribution in [-0.4, -0.2) is 29.4 Å². The Balaban J connectivity index is -0.000000320. The van der Waals surface area contributed by atoms with E-state index < -0.39 is 21.5 Å². The molecule has 0 spiro atoms. The minimum Gasteiger partial charge on any atom is -1.00 e. The Bertz CT molecular complexity index is 183. The van der Waals surface area contributed by atoms with Crippen LogP contribution < -0.4 is 29.6 Å². The molecule has 2 N–H and O–H groups in total. The molecule has 6 heteroatoms. The van der Waals surface area contributed by atoms with Gasteiger partial charge in [-0.3, -0.25) is 4.55 Å². The van der Waals surface area contributed by atoms with Gasteiger partial charge in [-0.25, -0.2) is 0 Å². The minimum atomic E-state index is -4.03. The van der Waals surface area contributed by atoms with E-state index in [4.69, 9.17) is 9.66 Å². The predicted octanol–water partition coefficient (Wildman–Crippen LogP) is -3.24. The Kier molecular flexibility index (Phi) is 5.43. The molecule has 58 valence electrons. The normalized spacial score (nSPS) is 12.4. The van der Waals surface area contributed by atoms with Crippen LogP contribution in [0, 0.1) is 0 Å². The first-order valence-electron chi connectivity index (χ1n) is 2.38. The Morgan fingerprint density at radius 2 is 1.80 bits per heavy atom. The molecule has 0 atom stereocenters. The van der Waals surface area contributed by atoms with Crippen molar-refractivity contribution in [2.75, 3.05) is 5.75 Å². The molecule has 0 saturated carbocycles. The van der Waals surface area contributed by atoms with Crippen molar-refractivity contribution in [2.45, 2.75) is 19.4 Å². The van der Waals surface area contributed by atoms with E-state index in [1.807, 2.05) is 0 Å². The second-order valence-corrected chi connectivity index (χ2v) is 3.99. The van der Waals surface area contributed by atoms with Crippen LogP contribution in [0.25, 0.3) is 0 Å². The molecule has 4 nitrogen and oxygen atoms in total. The van der Waals surface area contributed by atoms with Gasteiger partial charge >= 0.3 is 29.6 Å². The van der Waals surface area contributed by atoms with Gasteiger partial charge in [-0.15, -0.1) is 0 Å². The maximum absolute atomic E-state index is 10.0. The average molecular weight is 178 g/mol. The standard InChI is InChI=1S/C4H10O4S.Na.H/c1-4(2,5)3-9(6,7)8;;/h5H,3H2,1-2H3,(H,6,7,8);;/q;+1;-1. The van der Waals surface area contributed by atoms with E-state index in [0.717, 1.165) is 0 Å². The van der Waals surface area contributed by atoms with Gasteiger partial charge in [0, 0.05) is 0 Å². The maximum atomic E-state index is 10.0. The second-order valence-electron chi connectivity index (χ2n) is 2.54. The van der Waals surface area contributed by atoms with E-state index >= 15 is 0 Å². The van der Waals surface area contributed by atoms with Crippen LogP contribution in [0.2, 0.25) is 0 Å². The molecule has 0 rings (SSSR count). The Hall–Kier alpha value is 0.870. The Morgan fingerprint density at radius 3 is 1.80 bits per heavy atom. The Morgan fingerprint density at radius 1 is 1.50 bits per heavy atom. The first-order chi connectivity index (χ1) is 3.71. The molecular weight excluding hydrogens is 167 g/mol. The van der Waals surface area contributed by atoms with Crippen molar-refractivity contribution in [3.8, 4) is 0 Å². The molecule has 0 aliphatic rings. The fourth-order valence-electron chi connectivity index (χ4n) is 0.446. The Labute approximate surface area is 84.2 Å². The molecule has 0 aromatic rings. The third kappa shape index (κ3) is 11.6. The summed E-state index contributed by atoms with van der Waals surface area (Å²) in [6.07, 6.45) is 0. The number of rotatable bonds is 2. The average Bonchev–Trinajstić information content (AvgIpc) is 1.14. The molecule has 0 aliphatic heterocycles. The van der Waals surface area contributed by atoms with Crippen molar-refractivity contribution in [3.63, 3.8) is 0 Å². The van der Waals surface area contributed by atoms with Gasteiger partial charge in [0.2, 0.25) is 0 Å². The van der Waals surface area contributed by atoms with Crippen molar-refractivity contribution in [1.82, 2.24) is 0 Å². The van der Waals surface area contributed by atoms with E-state index in [1.54, 1.807) is 0 Å². The van der Waals surface area contributed by atoms with Gasteiger partial charge in [0.25, 0.3) is 10.1 Å². The summed E-state index contributed by atoms with van der Waals surface area (Å²) in [4.78, 5) is 0. The second kappa shape index (κ2) is 4.04. The summed E-state index contributed by atoms with van der Waals surface area (Å²) >= 11 is 0. The molecule has 0 aromatic carbocycles. The summed E-state index contributed by atoms with van der Waals surface area (Å²) in [7, 11) is -4.03. The van der Waals surface area contributed by atoms with E-state index in [9.17, 15) is 8.42 Å². The zero-order valence-electron chi connectivity index (χ0n) is 7.33. The van der Waals surface area contributed by atoms with Crippen LogP contribution in [0.5, 0.6) is 0 Å². The summed E-state index contributed by atoms with van der Waals surface area (Å²) < 4.78 is 28.3. The molecule has 0 heterocycles.